The number of carbonyl (C=O) groups is 1. The van der Waals surface area contributed by atoms with E-state index < -0.39 is 0 Å². The molecule has 0 saturated carbocycles. The van der Waals surface area contributed by atoms with Gasteiger partial charge in [-0.05, 0) is 25.0 Å². The third-order valence-electron chi connectivity index (χ3n) is 3.74. The highest BCUT2D eigenvalue weighted by molar-refractivity contribution is 5.88. The van der Waals surface area contributed by atoms with Gasteiger partial charge in [-0.3, -0.25) is 10.00 Å². The summed E-state index contributed by atoms with van der Waals surface area (Å²) in [5.41, 5.74) is 0.685. The van der Waals surface area contributed by atoms with Crippen LogP contribution in [-0.4, -0.2) is 47.0 Å². The summed E-state index contributed by atoms with van der Waals surface area (Å²) in [4.78, 5) is 13.9. The molecule has 1 fully saturated rings. The maximum absolute atomic E-state index is 12.2. The number of amides is 2. The van der Waals surface area contributed by atoms with Crippen molar-refractivity contribution in [1.29, 1.82) is 0 Å². The van der Waals surface area contributed by atoms with Gasteiger partial charge in [0.2, 0.25) is 0 Å². The van der Waals surface area contributed by atoms with Gasteiger partial charge in [0, 0.05) is 33.3 Å². The van der Waals surface area contributed by atoms with Gasteiger partial charge in [0.1, 0.15) is 11.5 Å². The van der Waals surface area contributed by atoms with Crippen LogP contribution in [0.25, 0.3) is 11.5 Å². The summed E-state index contributed by atoms with van der Waals surface area (Å²) < 4.78 is 12.5. The highest BCUT2D eigenvalue weighted by atomic mass is 16.5. The van der Waals surface area contributed by atoms with Crippen molar-refractivity contribution in [3.8, 4) is 11.5 Å². The number of hydrogen-bond donors (Lipinski definition) is 1. The second kappa shape index (κ2) is 6.23. The van der Waals surface area contributed by atoms with E-state index in [9.17, 15) is 4.79 Å². The Kier molecular flexibility index (Phi) is 4.15. The van der Waals surface area contributed by atoms with Crippen LogP contribution in [0, 0.1) is 0 Å². The zero-order valence-electron chi connectivity index (χ0n) is 12.8. The van der Waals surface area contributed by atoms with Crippen molar-refractivity contribution in [2.24, 2.45) is 7.05 Å². The largest absolute Gasteiger partial charge is 0.463 e. The molecular weight excluding hydrogens is 284 g/mol. The molecule has 0 aliphatic carbocycles. The van der Waals surface area contributed by atoms with Gasteiger partial charge in [-0.1, -0.05) is 0 Å². The van der Waals surface area contributed by atoms with Crippen molar-refractivity contribution in [3.63, 3.8) is 0 Å². The molecule has 3 rings (SSSR count). The van der Waals surface area contributed by atoms with Gasteiger partial charge < -0.3 is 14.1 Å². The predicted octanol–water partition coefficient (Wildman–Crippen LogP) is 2.32. The summed E-state index contributed by atoms with van der Waals surface area (Å²) in [6.07, 6.45) is 3.80. The zero-order chi connectivity index (χ0) is 15.5. The Morgan fingerprint density at radius 2 is 2.45 bits per heavy atom. The maximum Gasteiger partial charge on any atom is 0.322 e. The van der Waals surface area contributed by atoms with Crippen molar-refractivity contribution in [3.05, 3.63) is 24.5 Å². The third kappa shape index (κ3) is 3.14. The molecule has 1 aliphatic rings. The first kappa shape index (κ1) is 14.6. The summed E-state index contributed by atoms with van der Waals surface area (Å²) in [6.45, 7) is 1.38. The molecule has 7 heteroatoms. The first-order valence-corrected chi connectivity index (χ1v) is 7.35. The molecule has 0 unspecified atom stereocenters. The van der Waals surface area contributed by atoms with Crippen molar-refractivity contribution in [1.82, 2.24) is 14.7 Å². The summed E-state index contributed by atoms with van der Waals surface area (Å²) >= 11 is 0. The molecule has 0 bridgehead atoms. The van der Waals surface area contributed by atoms with Crippen molar-refractivity contribution in [2.75, 3.05) is 25.5 Å². The van der Waals surface area contributed by atoms with Crippen LogP contribution in [0.3, 0.4) is 0 Å². The van der Waals surface area contributed by atoms with Crippen LogP contribution < -0.4 is 5.32 Å². The molecule has 3 heterocycles. The Labute approximate surface area is 128 Å². The molecule has 0 radical (unpaired) electrons. The van der Waals surface area contributed by atoms with E-state index in [-0.39, 0.29) is 12.1 Å². The third-order valence-corrected chi connectivity index (χ3v) is 3.74. The zero-order valence-corrected chi connectivity index (χ0v) is 12.8. The fraction of sp³-hybridized carbons (Fsp3) is 0.467. The second-order valence-electron chi connectivity index (χ2n) is 5.46. The second-order valence-corrected chi connectivity index (χ2v) is 5.46. The lowest BCUT2D eigenvalue weighted by Gasteiger charge is -2.21. The van der Waals surface area contributed by atoms with Gasteiger partial charge in [0.05, 0.1) is 12.4 Å². The van der Waals surface area contributed by atoms with E-state index in [1.807, 2.05) is 6.07 Å². The highest BCUT2D eigenvalue weighted by Crippen LogP contribution is 2.22. The average molecular weight is 304 g/mol. The standard InChI is InChI=1S/C15H20N4O3/c1-18(10-11-5-3-7-21-11)15(20)16-14-9-12(17-19(14)2)13-6-4-8-22-13/h4,6,8-9,11H,3,5,7,10H2,1-2H3,(H,16,20)/t11-/m0/s1. The molecule has 2 amide bonds. The number of anilines is 1. The molecular formula is C15H20N4O3. The molecule has 0 spiro atoms. The Morgan fingerprint density at radius 1 is 1.59 bits per heavy atom. The number of urea groups is 1. The number of rotatable bonds is 4. The molecule has 1 aliphatic heterocycles. The fourth-order valence-electron chi connectivity index (χ4n) is 2.51. The lowest BCUT2D eigenvalue weighted by Crippen LogP contribution is -2.37. The van der Waals surface area contributed by atoms with E-state index in [4.69, 9.17) is 9.15 Å². The number of aromatic nitrogens is 2. The summed E-state index contributed by atoms with van der Waals surface area (Å²) in [5, 5.41) is 7.19. The minimum absolute atomic E-state index is 0.140. The quantitative estimate of drug-likeness (QED) is 0.941. The minimum Gasteiger partial charge on any atom is -0.463 e. The minimum atomic E-state index is -0.176. The number of hydrogen-bond acceptors (Lipinski definition) is 4. The Hall–Kier alpha value is -2.28. The van der Waals surface area contributed by atoms with Gasteiger partial charge >= 0.3 is 6.03 Å². The monoisotopic (exact) mass is 304 g/mol. The molecule has 1 saturated heterocycles. The highest BCUT2D eigenvalue weighted by Gasteiger charge is 2.21. The van der Waals surface area contributed by atoms with Crippen molar-refractivity contribution >= 4 is 11.8 Å². The first-order valence-electron chi connectivity index (χ1n) is 7.35. The molecule has 7 nitrogen and oxygen atoms in total. The lowest BCUT2D eigenvalue weighted by atomic mass is 10.2. The molecule has 2 aromatic rings. The predicted molar refractivity (Wildman–Crippen MR) is 81.5 cm³/mol. The van der Waals surface area contributed by atoms with Crippen LogP contribution in [-0.2, 0) is 11.8 Å². The first-order chi connectivity index (χ1) is 10.6. The van der Waals surface area contributed by atoms with Gasteiger partial charge in [-0.15, -0.1) is 0 Å². The lowest BCUT2D eigenvalue weighted by molar-refractivity contribution is 0.0894. The number of nitrogens with zero attached hydrogens (tertiary/aromatic N) is 3. The van der Waals surface area contributed by atoms with Crippen molar-refractivity contribution < 1.29 is 13.9 Å². The number of nitrogens with one attached hydrogen (secondary N) is 1. The SMILES string of the molecule is CN(C[C@@H]1CCCO1)C(=O)Nc1cc(-c2ccco2)nn1C. The molecule has 2 aromatic heterocycles. The van der Waals surface area contributed by atoms with E-state index in [0.29, 0.717) is 23.8 Å². The average Bonchev–Trinajstić information content (AvgIpc) is 3.21. The van der Waals surface area contributed by atoms with E-state index in [2.05, 4.69) is 10.4 Å². The molecule has 1 N–H and O–H groups in total. The molecule has 1 atom stereocenters. The smallest absolute Gasteiger partial charge is 0.322 e. The van der Waals surface area contributed by atoms with Crippen LogP contribution in [0.2, 0.25) is 0 Å². The Bertz CT molecular complexity index is 629. The van der Waals surface area contributed by atoms with Gasteiger partial charge in [-0.2, -0.15) is 5.10 Å². The van der Waals surface area contributed by atoms with Gasteiger partial charge in [0.25, 0.3) is 0 Å². The normalized spacial score (nSPS) is 17.6. The number of ether oxygens (including phenoxy) is 1. The Morgan fingerprint density at radius 3 is 3.14 bits per heavy atom. The van der Waals surface area contributed by atoms with Crippen LogP contribution in [0.4, 0.5) is 10.6 Å². The van der Waals surface area contributed by atoms with Crippen LogP contribution in [0.1, 0.15) is 12.8 Å². The summed E-state index contributed by atoms with van der Waals surface area (Å²) in [5.74, 6) is 1.29. The summed E-state index contributed by atoms with van der Waals surface area (Å²) in [7, 11) is 3.54. The van der Waals surface area contributed by atoms with Crippen molar-refractivity contribution in [2.45, 2.75) is 18.9 Å². The number of furan rings is 1. The van der Waals surface area contributed by atoms with Gasteiger partial charge in [0.15, 0.2) is 5.76 Å². The van der Waals surface area contributed by atoms with E-state index in [0.717, 1.165) is 19.4 Å². The summed E-state index contributed by atoms with van der Waals surface area (Å²) in [6, 6.07) is 5.25. The van der Waals surface area contributed by atoms with Crippen LogP contribution in [0.15, 0.2) is 28.9 Å². The Balaban J connectivity index is 1.63. The number of likely N-dealkylation sites (N-methyl/N-ethyl adjacent to an activating group) is 1. The van der Waals surface area contributed by atoms with E-state index >= 15 is 0 Å². The van der Waals surface area contributed by atoms with Crippen LogP contribution >= 0.6 is 0 Å². The fourth-order valence-corrected chi connectivity index (χ4v) is 2.51. The van der Waals surface area contributed by atoms with Gasteiger partial charge in [-0.25, -0.2) is 4.79 Å². The molecule has 0 aromatic carbocycles. The van der Waals surface area contributed by atoms with E-state index in [1.165, 1.54) is 0 Å². The number of carbonyl (C=O) groups excluding carboxylic acids is 1. The molecule has 118 valence electrons. The maximum atomic E-state index is 12.2. The number of aryl methyl sites for hydroxylation is 1. The van der Waals surface area contributed by atoms with Crippen LogP contribution in [0.5, 0.6) is 0 Å². The molecule has 22 heavy (non-hydrogen) atoms. The van der Waals surface area contributed by atoms with E-state index in [1.54, 1.807) is 42.1 Å². The topological polar surface area (TPSA) is 72.5 Å².